The SMILES string of the molecule is CCOC(=O)[C@@H]1[C@H]2CN(Cc3cnc4c(-c5ccccc5)cnn4c3)C[C@@H]2C=C[C@@H]1C. The predicted octanol–water partition coefficient (Wildman–Crippen LogP) is 3.83. The van der Waals surface area contributed by atoms with Gasteiger partial charge < -0.3 is 4.74 Å². The van der Waals surface area contributed by atoms with Gasteiger partial charge in [-0.05, 0) is 30.2 Å². The van der Waals surface area contributed by atoms with Crippen molar-refractivity contribution in [3.05, 3.63) is 66.6 Å². The van der Waals surface area contributed by atoms with Gasteiger partial charge in [0.15, 0.2) is 5.65 Å². The van der Waals surface area contributed by atoms with Gasteiger partial charge in [-0.1, -0.05) is 49.4 Å². The molecule has 6 heteroatoms. The van der Waals surface area contributed by atoms with Gasteiger partial charge in [0.25, 0.3) is 0 Å². The molecule has 1 aromatic carbocycles. The summed E-state index contributed by atoms with van der Waals surface area (Å²) in [5, 5.41) is 4.53. The second-order valence-corrected chi connectivity index (χ2v) is 8.70. The van der Waals surface area contributed by atoms with Crippen LogP contribution in [0, 0.1) is 23.7 Å². The molecular formula is C25H28N4O2. The molecule has 1 saturated heterocycles. The summed E-state index contributed by atoms with van der Waals surface area (Å²) in [6.07, 6.45) is 10.4. The van der Waals surface area contributed by atoms with Crippen LogP contribution in [0.15, 0.2) is 61.1 Å². The zero-order valence-corrected chi connectivity index (χ0v) is 18.0. The van der Waals surface area contributed by atoms with Crippen molar-refractivity contribution in [3.63, 3.8) is 0 Å². The first-order valence-electron chi connectivity index (χ1n) is 11.1. The lowest BCUT2D eigenvalue weighted by molar-refractivity contribution is -0.152. The Bertz CT molecular complexity index is 1110. The highest BCUT2D eigenvalue weighted by Gasteiger charge is 2.44. The maximum Gasteiger partial charge on any atom is 0.309 e. The number of rotatable bonds is 5. The van der Waals surface area contributed by atoms with Crippen LogP contribution in [-0.4, -0.2) is 45.2 Å². The second kappa shape index (κ2) is 8.27. The number of benzene rings is 1. The molecule has 31 heavy (non-hydrogen) atoms. The van der Waals surface area contributed by atoms with Crippen LogP contribution >= 0.6 is 0 Å². The van der Waals surface area contributed by atoms with Gasteiger partial charge >= 0.3 is 5.97 Å². The molecule has 0 saturated carbocycles. The van der Waals surface area contributed by atoms with E-state index in [1.165, 1.54) is 0 Å². The lowest BCUT2D eigenvalue weighted by Gasteiger charge is -2.32. The predicted molar refractivity (Wildman–Crippen MR) is 119 cm³/mol. The number of carbonyl (C=O) groups excluding carboxylic acids is 1. The van der Waals surface area contributed by atoms with Gasteiger partial charge in [0.1, 0.15) is 0 Å². The number of nitrogens with zero attached hydrogens (tertiary/aromatic N) is 4. The molecule has 3 aromatic rings. The molecular weight excluding hydrogens is 388 g/mol. The van der Waals surface area contributed by atoms with Crippen molar-refractivity contribution in [1.82, 2.24) is 19.5 Å². The maximum atomic E-state index is 12.6. The molecule has 4 atom stereocenters. The van der Waals surface area contributed by atoms with E-state index >= 15 is 0 Å². The summed E-state index contributed by atoms with van der Waals surface area (Å²) in [5.41, 5.74) is 4.14. The lowest BCUT2D eigenvalue weighted by atomic mass is 9.72. The number of fused-ring (bicyclic) bond motifs is 2. The highest BCUT2D eigenvalue weighted by Crippen LogP contribution is 2.40. The van der Waals surface area contributed by atoms with E-state index in [9.17, 15) is 4.79 Å². The fourth-order valence-electron chi connectivity index (χ4n) is 5.18. The van der Waals surface area contributed by atoms with E-state index in [1.807, 2.05) is 42.0 Å². The highest BCUT2D eigenvalue weighted by molar-refractivity contribution is 5.76. The number of hydrogen-bond donors (Lipinski definition) is 0. The summed E-state index contributed by atoms with van der Waals surface area (Å²) in [6, 6.07) is 10.2. The van der Waals surface area contributed by atoms with Gasteiger partial charge in [-0.15, -0.1) is 0 Å². The fourth-order valence-corrected chi connectivity index (χ4v) is 5.18. The Balaban J connectivity index is 1.33. The largest absolute Gasteiger partial charge is 0.466 e. The van der Waals surface area contributed by atoms with Crippen LogP contribution < -0.4 is 0 Å². The molecule has 1 aliphatic carbocycles. The van der Waals surface area contributed by atoms with Gasteiger partial charge in [0, 0.05) is 43.2 Å². The third kappa shape index (κ3) is 3.76. The Morgan fingerprint density at radius 1 is 1.16 bits per heavy atom. The van der Waals surface area contributed by atoms with Crippen molar-refractivity contribution < 1.29 is 9.53 Å². The molecule has 0 amide bonds. The third-order valence-corrected chi connectivity index (χ3v) is 6.64. The molecule has 0 radical (unpaired) electrons. The molecule has 160 valence electrons. The van der Waals surface area contributed by atoms with Crippen LogP contribution in [0.4, 0.5) is 0 Å². The monoisotopic (exact) mass is 416 g/mol. The summed E-state index contributed by atoms with van der Waals surface area (Å²) in [5.74, 6) is 0.824. The van der Waals surface area contributed by atoms with Gasteiger partial charge in [0.2, 0.25) is 0 Å². The molecule has 0 N–H and O–H groups in total. The summed E-state index contributed by atoms with van der Waals surface area (Å²) < 4.78 is 7.25. The minimum atomic E-state index is -0.0555. The average Bonchev–Trinajstić information content (AvgIpc) is 3.37. The normalized spacial score (nSPS) is 25.6. The molecule has 2 aliphatic rings. The molecule has 0 spiro atoms. The van der Waals surface area contributed by atoms with Crippen LogP contribution in [0.5, 0.6) is 0 Å². The van der Waals surface area contributed by atoms with E-state index in [4.69, 9.17) is 9.72 Å². The minimum Gasteiger partial charge on any atom is -0.466 e. The summed E-state index contributed by atoms with van der Waals surface area (Å²) >= 11 is 0. The molecule has 1 aliphatic heterocycles. The number of carbonyl (C=O) groups is 1. The average molecular weight is 417 g/mol. The van der Waals surface area contributed by atoms with Gasteiger partial charge in [0.05, 0.1) is 18.7 Å². The molecule has 0 unspecified atom stereocenters. The van der Waals surface area contributed by atoms with Crippen LogP contribution in [0.25, 0.3) is 16.8 Å². The number of aromatic nitrogens is 3. The Morgan fingerprint density at radius 3 is 2.81 bits per heavy atom. The quantitative estimate of drug-likeness (QED) is 0.467. The summed E-state index contributed by atoms with van der Waals surface area (Å²) in [4.78, 5) is 19.7. The van der Waals surface area contributed by atoms with Gasteiger partial charge in [-0.3, -0.25) is 9.69 Å². The number of hydrogen-bond acceptors (Lipinski definition) is 5. The number of ether oxygens (including phenoxy) is 1. The number of allylic oxidation sites excluding steroid dienone is 1. The van der Waals surface area contributed by atoms with E-state index < -0.39 is 0 Å². The lowest BCUT2D eigenvalue weighted by Crippen LogP contribution is -2.37. The Hall–Kier alpha value is -2.99. The number of likely N-dealkylation sites (tertiary alicyclic amines) is 1. The Morgan fingerprint density at radius 2 is 2.00 bits per heavy atom. The van der Waals surface area contributed by atoms with E-state index in [1.54, 1.807) is 0 Å². The molecule has 5 rings (SSSR count). The Labute approximate surface area is 182 Å². The van der Waals surface area contributed by atoms with Crippen molar-refractivity contribution in [3.8, 4) is 11.1 Å². The van der Waals surface area contributed by atoms with E-state index in [-0.39, 0.29) is 17.8 Å². The molecule has 6 nitrogen and oxygen atoms in total. The first-order chi connectivity index (χ1) is 15.1. The van der Waals surface area contributed by atoms with Crippen molar-refractivity contribution >= 4 is 11.6 Å². The second-order valence-electron chi connectivity index (χ2n) is 8.70. The molecule has 1 fully saturated rings. The zero-order chi connectivity index (χ0) is 21.4. The maximum absolute atomic E-state index is 12.6. The number of esters is 1. The fraction of sp³-hybridized carbons (Fsp3) is 0.400. The standard InChI is InChI=1S/C25H28N4O2/c1-3-31-25(30)23-17(2)9-10-20-15-28(16-22(20)23)13-18-11-26-24-21(12-27-29(24)14-18)19-7-5-4-6-8-19/h4-12,14,17,20,22-23H,3,13,15-16H2,1-2H3/t17-,20-,22-,23-/m0/s1. The minimum absolute atomic E-state index is 0.0516. The van der Waals surface area contributed by atoms with E-state index in [0.717, 1.165) is 42.0 Å². The smallest absolute Gasteiger partial charge is 0.309 e. The Kier molecular flexibility index (Phi) is 5.32. The molecule has 3 heterocycles. The van der Waals surface area contributed by atoms with Crippen LogP contribution in [0.1, 0.15) is 19.4 Å². The topological polar surface area (TPSA) is 59.7 Å². The van der Waals surface area contributed by atoms with Crippen molar-refractivity contribution in [1.29, 1.82) is 0 Å². The first-order valence-corrected chi connectivity index (χ1v) is 11.1. The highest BCUT2D eigenvalue weighted by atomic mass is 16.5. The molecule has 2 aromatic heterocycles. The van der Waals surface area contributed by atoms with Crippen LogP contribution in [-0.2, 0) is 16.1 Å². The van der Waals surface area contributed by atoms with Crippen molar-refractivity contribution in [2.45, 2.75) is 20.4 Å². The third-order valence-electron chi connectivity index (χ3n) is 6.64. The van der Waals surface area contributed by atoms with Crippen molar-refractivity contribution in [2.75, 3.05) is 19.7 Å². The molecule has 0 bridgehead atoms. The summed E-state index contributed by atoms with van der Waals surface area (Å²) in [7, 11) is 0. The van der Waals surface area contributed by atoms with Crippen LogP contribution in [0.3, 0.4) is 0 Å². The summed E-state index contributed by atoms with van der Waals surface area (Å²) in [6.45, 7) is 7.09. The van der Waals surface area contributed by atoms with Crippen LogP contribution in [0.2, 0.25) is 0 Å². The van der Waals surface area contributed by atoms with Gasteiger partial charge in [-0.2, -0.15) is 5.10 Å². The van der Waals surface area contributed by atoms with E-state index in [0.29, 0.717) is 18.4 Å². The zero-order valence-electron chi connectivity index (χ0n) is 18.0. The van der Waals surface area contributed by atoms with Gasteiger partial charge in [-0.25, -0.2) is 9.50 Å². The van der Waals surface area contributed by atoms with Crippen molar-refractivity contribution in [2.24, 2.45) is 23.7 Å². The van der Waals surface area contributed by atoms with E-state index in [2.05, 4.69) is 47.4 Å². The first kappa shape index (κ1) is 19.9.